The van der Waals surface area contributed by atoms with Gasteiger partial charge in [-0.2, -0.15) is 0 Å². The van der Waals surface area contributed by atoms with Crippen LogP contribution in [-0.2, 0) is 26.1 Å². The van der Waals surface area contributed by atoms with Crippen LogP contribution in [0.3, 0.4) is 0 Å². The Morgan fingerprint density at radius 2 is 1.70 bits per heavy atom. The van der Waals surface area contributed by atoms with Gasteiger partial charge in [-0.1, -0.05) is 65.8 Å². The molecule has 1 aliphatic heterocycles. The summed E-state index contributed by atoms with van der Waals surface area (Å²) >= 11 is 0. The molecule has 0 bridgehead atoms. The van der Waals surface area contributed by atoms with Gasteiger partial charge >= 0.3 is 0 Å². The molecule has 214 valence electrons. The predicted octanol–water partition coefficient (Wildman–Crippen LogP) is 4.98. The Hall–Kier alpha value is -5.70. The normalized spacial score (nSPS) is 12.7. The lowest BCUT2D eigenvalue weighted by Crippen LogP contribution is -2.30. The lowest BCUT2D eigenvalue weighted by atomic mass is 9.96. The van der Waals surface area contributed by atoms with Crippen molar-refractivity contribution in [1.29, 1.82) is 0 Å². The number of hydrogen-bond donors (Lipinski definition) is 3. The highest BCUT2D eigenvalue weighted by atomic mass is 16.4. The molecule has 2 aromatic heterocycles. The van der Waals surface area contributed by atoms with Crippen LogP contribution in [0.2, 0.25) is 0 Å². The van der Waals surface area contributed by atoms with Crippen molar-refractivity contribution in [2.45, 2.75) is 26.1 Å². The molecule has 4 N–H and O–H groups in total. The third kappa shape index (κ3) is 5.73. The zero-order chi connectivity index (χ0) is 29.8. The standard InChI is InChI=1S/C34H30N6O3/c35-32(38-43)18-26-7-1-3-9-29(26)24-11-13-25(14-12-24)34(42)40-22-28-15-16-31(33(41)37-20-23-6-5-17-36-19-23)39(28)21-27-8-2-4-10-30(27)40/h1-17,19,43H,18,20-22H2,(H2,35,38)(H,37,41). The first-order chi connectivity index (χ1) is 21.0. The van der Waals surface area contributed by atoms with E-state index in [-0.39, 0.29) is 17.6 Å². The van der Waals surface area contributed by atoms with Gasteiger partial charge in [0.25, 0.3) is 11.8 Å². The second-order valence-electron chi connectivity index (χ2n) is 10.4. The molecule has 0 aliphatic carbocycles. The first kappa shape index (κ1) is 27.5. The molecule has 0 saturated heterocycles. The highest BCUT2D eigenvalue weighted by molar-refractivity contribution is 6.07. The molecule has 0 radical (unpaired) electrons. The van der Waals surface area contributed by atoms with Gasteiger partial charge in [-0.3, -0.25) is 14.6 Å². The molecule has 9 heteroatoms. The van der Waals surface area contributed by atoms with Crippen LogP contribution < -0.4 is 16.0 Å². The van der Waals surface area contributed by atoms with Crippen LogP contribution in [-0.4, -0.2) is 32.4 Å². The summed E-state index contributed by atoms with van der Waals surface area (Å²) in [5, 5.41) is 15.1. The number of amides is 2. The van der Waals surface area contributed by atoms with Gasteiger partial charge in [0.05, 0.1) is 13.1 Å². The number of carbonyl (C=O) groups is 2. The van der Waals surface area contributed by atoms with Crippen molar-refractivity contribution in [2.75, 3.05) is 4.90 Å². The van der Waals surface area contributed by atoms with Crippen LogP contribution >= 0.6 is 0 Å². The first-order valence-electron chi connectivity index (χ1n) is 13.9. The minimum atomic E-state index is -0.185. The van der Waals surface area contributed by atoms with Crippen molar-refractivity contribution in [3.63, 3.8) is 0 Å². The summed E-state index contributed by atoms with van der Waals surface area (Å²) in [6.45, 7) is 1.15. The number of amidine groups is 1. The molecule has 0 unspecified atom stereocenters. The number of fused-ring (bicyclic) bond motifs is 2. The van der Waals surface area contributed by atoms with Crippen LogP contribution in [0.25, 0.3) is 11.1 Å². The Bertz CT molecular complexity index is 1810. The lowest BCUT2D eigenvalue weighted by Gasteiger charge is -2.23. The summed E-state index contributed by atoms with van der Waals surface area (Å²) in [6.07, 6.45) is 3.73. The molecule has 5 aromatic rings. The predicted molar refractivity (Wildman–Crippen MR) is 165 cm³/mol. The maximum Gasteiger partial charge on any atom is 0.268 e. The molecular weight excluding hydrogens is 540 g/mol. The molecule has 3 aromatic carbocycles. The number of benzene rings is 3. The number of oxime groups is 1. The minimum absolute atomic E-state index is 0.123. The number of para-hydroxylation sites is 1. The number of anilines is 1. The summed E-state index contributed by atoms with van der Waals surface area (Å²) in [5.41, 5.74) is 13.2. The molecule has 0 fully saturated rings. The zero-order valence-electron chi connectivity index (χ0n) is 23.4. The van der Waals surface area contributed by atoms with Crippen molar-refractivity contribution >= 4 is 23.3 Å². The minimum Gasteiger partial charge on any atom is -0.409 e. The van der Waals surface area contributed by atoms with E-state index in [1.807, 2.05) is 102 Å². The first-order valence-corrected chi connectivity index (χ1v) is 13.9. The average Bonchev–Trinajstić information content (AvgIpc) is 3.37. The quantitative estimate of drug-likeness (QED) is 0.110. The van der Waals surface area contributed by atoms with Crippen molar-refractivity contribution < 1.29 is 14.8 Å². The van der Waals surface area contributed by atoms with Crippen LogP contribution in [0.1, 0.15) is 43.2 Å². The van der Waals surface area contributed by atoms with Crippen LogP contribution in [0.4, 0.5) is 5.69 Å². The van der Waals surface area contributed by atoms with Gasteiger partial charge in [0, 0.05) is 42.3 Å². The summed E-state index contributed by atoms with van der Waals surface area (Å²) in [4.78, 5) is 33.1. The number of hydrogen-bond acceptors (Lipinski definition) is 5. The van der Waals surface area contributed by atoms with E-state index in [0.29, 0.717) is 37.3 Å². The number of carbonyl (C=O) groups excluding carboxylic acids is 2. The third-order valence-corrected chi connectivity index (χ3v) is 7.62. The monoisotopic (exact) mass is 570 g/mol. The molecule has 3 heterocycles. The van der Waals surface area contributed by atoms with Crippen molar-refractivity contribution in [2.24, 2.45) is 10.9 Å². The van der Waals surface area contributed by atoms with E-state index in [0.717, 1.165) is 39.2 Å². The lowest BCUT2D eigenvalue weighted by molar-refractivity contribution is 0.0941. The second kappa shape index (κ2) is 12.0. The highest BCUT2D eigenvalue weighted by Gasteiger charge is 2.27. The Morgan fingerprint density at radius 1 is 0.907 bits per heavy atom. The highest BCUT2D eigenvalue weighted by Crippen LogP contribution is 2.31. The van der Waals surface area contributed by atoms with Gasteiger partial charge in [0.2, 0.25) is 0 Å². The van der Waals surface area contributed by atoms with E-state index in [1.165, 1.54) is 0 Å². The maximum absolute atomic E-state index is 14.0. The molecule has 0 atom stereocenters. The van der Waals surface area contributed by atoms with Crippen LogP contribution in [0, 0.1) is 0 Å². The number of rotatable bonds is 7. The van der Waals surface area contributed by atoms with Gasteiger partial charge in [-0.05, 0) is 64.2 Å². The fourth-order valence-corrected chi connectivity index (χ4v) is 5.45. The Balaban J connectivity index is 1.27. The van der Waals surface area contributed by atoms with Crippen molar-refractivity contribution in [3.05, 3.63) is 143 Å². The number of nitrogens with one attached hydrogen (secondary N) is 1. The summed E-state index contributed by atoms with van der Waals surface area (Å²) in [7, 11) is 0. The molecule has 1 aliphatic rings. The Labute approximate surface area is 248 Å². The van der Waals surface area contributed by atoms with E-state index in [9.17, 15) is 9.59 Å². The number of aromatic nitrogens is 2. The molecule has 6 rings (SSSR count). The average molecular weight is 571 g/mol. The number of nitrogens with two attached hydrogens (primary N) is 1. The second-order valence-corrected chi connectivity index (χ2v) is 10.4. The van der Waals surface area contributed by atoms with E-state index in [1.54, 1.807) is 17.3 Å². The number of pyridine rings is 1. The molecule has 9 nitrogen and oxygen atoms in total. The van der Waals surface area contributed by atoms with Crippen LogP contribution in [0.5, 0.6) is 0 Å². The Kier molecular flexibility index (Phi) is 7.69. The van der Waals surface area contributed by atoms with Crippen molar-refractivity contribution in [1.82, 2.24) is 14.9 Å². The molecule has 2 amide bonds. The largest absolute Gasteiger partial charge is 0.409 e. The van der Waals surface area contributed by atoms with E-state index in [4.69, 9.17) is 10.9 Å². The zero-order valence-corrected chi connectivity index (χ0v) is 23.4. The van der Waals surface area contributed by atoms with Gasteiger partial charge in [0.1, 0.15) is 11.5 Å². The summed E-state index contributed by atoms with van der Waals surface area (Å²) in [5.74, 6) is -0.200. The fraction of sp³-hybridized carbons (Fsp3) is 0.118. The summed E-state index contributed by atoms with van der Waals surface area (Å²) < 4.78 is 1.98. The van der Waals surface area contributed by atoms with Gasteiger partial charge in [0.15, 0.2) is 0 Å². The van der Waals surface area contributed by atoms with Gasteiger partial charge in [-0.25, -0.2) is 0 Å². The smallest absolute Gasteiger partial charge is 0.268 e. The molecule has 0 saturated carbocycles. The molecule has 0 spiro atoms. The maximum atomic E-state index is 14.0. The van der Waals surface area contributed by atoms with Crippen LogP contribution in [0.15, 0.2) is 115 Å². The topological polar surface area (TPSA) is 126 Å². The number of nitrogens with zero attached hydrogens (tertiary/aromatic N) is 4. The Morgan fingerprint density at radius 3 is 2.49 bits per heavy atom. The van der Waals surface area contributed by atoms with E-state index >= 15 is 0 Å². The third-order valence-electron chi connectivity index (χ3n) is 7.62. The molecule has 43 heavy (non-hydrogen) atoms. The van der Waals surface area contributed by atoms with Crippen molar-refractivity contribution in [3.8, 4) is 11.1 Å². The van der Waals surface area contributed by atoms with Gasteiger partial charge < -0.3 is 25.7 Å². The molecular formula is C34H30N6O3. The van der Waals surface area contributed by atoms with E-state index < -0.39 is 0 Å². The van der Waals surface area contributed by atoms with Gasteiger partial charge in [-0.15, -0.1) is 0 Å². The SMILES string of the molecule is NC(Cc1ccccc1-c1ccc(C(=O)N2Cc3ccc(C(=O)NCc4cccnc4)n3Cc3ccccc32)cc1)=NO. The summed E-state index contributed by atoms with van der Waals surface area (Å²) in [6, 6.07) is 30.5. The fourth-order valence-electron chi connectivity index (χ4n) is 5.45. The van der Waals surface area contributed by atoms with E-state index in [2.05, 4.69) is 15.5 Å².